The van der Waals surface area contributed by atoms with Gasteiger partial charge in [0.2, 0.25) is 0 Å². The van der Waals surface area contributed by atoms with Crippen LogP contribution in [0.1, 0.15) is 32.1 Å². The van der Waals surface area contributed by atoms with Crippen molar-refractivity contribution in [3.05, 3.63) is 28.2 Å². The highest BCUT2D eigenvalue weighted by molar-refractivity contribution is 6.42. The second-order valence-corrected chi connectivity index (χ2v) is 8.65. The first-order chi connectivity index (χ1) is 14.7. The Bertz CT molecular complexity index is 707. The molecule has 1 atom stereocenters. The quantitative estimate of drug-likeness (QED) is 0.239. The summed E-state index contributed by atoms with van der Waals surface area (Å²) in [5.41, 5.74) is 6.39. The first kappa shape index (κ1) is 26.2. The molecule has 1 unspecified atom stereocenters. The van der Waals surface area contributed by atoms with Gasteiger partial charge in [0.1, 0.15) is 5.54 Å². The summed E-state index contributed by atoms with van der Waals surface area (Å²) in [6, 6.07) is 5.69. The SMILES string of the molecule is COC(=O)C(N)(CCCCOB(O)O)CCCN1CCN(c2ccc(Cl)c(Cl)c2)CC1. The molecule has 0 bridgehead atoms. The standard InChI is InChI=1S/C20H32BCl2N3O5/c1-30-19(27)20(24,7-2-3-14-31-21(28)29)8-4-9-25-10-12-26(13-11-25)16-5-6-17(22)18(23)15-16/h5-6,15,28-29H,2-4,7-14,24H2,1H3. The number of hydrogen-bond donors (Lipinski definition) is 3. The number of carbonyl (C=O) groups excluding carboxylic acids is 1. The van der Waals surface area contributed by atoms with Crippen LogP contribution in [-0.2, 0) is 14.2 Å². The number of rotatable bonds is 12. The monoisotopic (exact) mass is 475 g/mol. The second-order valence-electron chi connectivity index (χ2n) is 7.83. The maximum atomic E-state index is 12.2. The minimum absolute atomic E-state index is 0.192. The molecule has 0 radical (unpaired) electrons. The molecular formula is C20H32BCl2N3O5. The van der Waals surface area contributed by atoms with E-state index in [9.17, 15) is 4.79 Å². The van der Waals surface area contributed by atoms with Crippen LogP contribution in [0, 0.1) is 0 Å². The number of nitrogens with zero attached hydrogens (tertiary/aromatic N) is 2. The van der Waals surface area contributed by atoms with Crippen LogP contribution in [0.5, 0.6) is 0 Å². The van der Waals surface area contributed by atoms with Gasteiger partial charge in [0.25, 0.3) is 0 Å². The summed E-state index contributed by atoms with van der Waals surface area (Å²) < 4.78 is 9.60. The van der Waals surface area contributed by atoms with E-state index in [0.717, 1.165) is 44.8 Å². The van der Waals surface area contributed by atoms with Crippen molar-refractivity contribution >= 4 is 42.2 Å². The summed E-state index contributed by atoms with van der Waals surface area (Å²) in [5, 5.41) is 18.5. The maximum absolute atomic E-state index is 12.2. The molecule has 174 valence electrons. The highest BCUT2D eigenvalue weighted by Crippen LogP contribution is 2.28. The molecule has 1 saturated heterocycles. The number of unbranched alkanes of at least 4 members (excludes halogenated alkanes) is 1. The lowest BCUT2D eigenvalue weighted by Gasteiger charge is -2.36. The topological polar surface area (TPSA) is 108 Å². The van der Waals surface area contributed by atoms with E-state index in [2.05, 4.69) is 14.5 Å². The van der Waals surface area contributed by atoms with Crippen LogP contribution in [0.4, 0.5) is 5.69 Å². The molecule has 0 amide bonds. The van der Waals surface area contributed by atoms with Gasteiger partial charge in [0.05, 0.1) is 17.2 Å². The van der Waals surface area contributed by atoms with Crippen LogP contribution >= 0.6 is 23.2 Å². The van der Waals surface area contributed by atoms with Crippen LogP contribution in [0.3, 0.4) is 0 Å². The van der Waals surface area contributed by atoms with E-state index in [4.69, 9.17) is 43.7 Å². The van der Waals surface area contributed by atoms with Crippen molar-refractivity contribution in [2.75, 3.05) is 51.3 Å². The van der Waals surface area contributed by atoms with Crippen molar-refractivity contribution in [2.24, 2.45) is 5.73 Å². The van der Waals surface area contributed by atoms with E-state index < -0.39 is 18.8 Å². The Balaban J connectivity index is 1.75. The van der Waals surface area contributed by atoms with E-state index in [1.165, 1.54) is 7.11 Å². The second kappa shape index (κ2) is 12.8. The molecule has 0 spiro atoms. The van der Waals surface area contributed by atoms with E-state index in [1.54, 1.807) is 0 Å². The minimum atomic E-state index is -1.78. The third-order valence-corrected chi connectivity index (χ3v) is 6.35. The highest BCUT2D eigenvalue weighted by atomic mass is 35.5. The predicted octanol–water partition coefficient (Wildman–Crippen LogP) is 1.92. The molecule has 1 aliphatic heterocycles. The number of halogens is 2. The number of ether oxygens (including phenoxy) is 1. The molecule has 2 rings (SSSR count). The molecule has 0 aliphatic carbocycles. The molecule has 1 aliphatic rings. The van der Waals surface area contributed by atoms with Gasteiger partial charge in [0.15, 0.2) is 0 Å². The lowest BCUT2D eigenvalue weighted by molar-refractivity contribution is -0.147. The van der Waals surface area contributed by atoms with Gasteiger partial charge < -0.3 is 30.1 Å². The fourth-order valence-electron chi connectivity index (χ4n) is 3.79. The zero-order valence-electron chi connectivity index (χ0n) is 17.9. The number of anilines is 1. The van der Waals surface area contributed by atoms with Crippen molar-refractivity contribution in [1.29, 1.82) is 0 Å². The van der Waals surface area contributed by atoms with Crippen LogP contribution in [0.2, 0.25) is 10.0 Å². The molecule has 0 saturated carbocycles. The van der Waals surface area contributed by atoms with Crippen LogP contribution in [0.25, 0.3) is 0 Å². The number of esters is 1. The van der Waals surface area contributed by atoms with E-state index in [1.807, 2.05) is 18.2 Å². The lowest BCUT2D eigenvalue weighted by Crippen LogP contribution is -2.50. The summed E-state index contributed by atoms with van der Waals surface area (Å²) >= 11 is 12.1. The van der Waals surface area contributed by atoms with E-state index >= 15 is 0 Å². The zero-order chi connectivity index (χ0) is 22.9. The Morgan fingerprint density at radius 2 is 1.81 bits per heavy atom. The third-order valence-electron chi connectivity index (χ3n) is 5.61. The summed E-state index contributed by atoms with van der Waals surface area (Å²) in [4.78, 5) is 16.9. The van der Waals surface area contributed by atoms with Gasteiger partial charge in [-0.25, -0.2) is 0 Å². The van der Waals surface area contributed by atoms with E-state index in [-0.39, 0.29) is 6.61 Å². The lowest BCUT2D eigenvalue weighted by atomic mass is 9.88. The Morgan fingerprint density at radius 3 is 2.42 bits per heavy atom. The molecule has 1 aromatic rings. The van der Waals surface area contributed by atoms with Crippen molar-refractivity contribution < 1.29 is 24.2 Å². The summed E-state index contributed by atoms with van der Waals surface area (Å²) in [6.07, 6.45) is 2.96. The number of carbonyl (C=O) groups is 1. The fraction of sp³-hybridized carbons (Fsp3) is 0.650. The molecule has 0 aromatic heterocycles. The van der Waals surface area contributed by atoms with Crippen molar-refractivity contribution in [3.63, 3.8) is 0 Å². The van der Waals surface area contributed by atoms with Gasteiger partial charge >= 0.3 is 13.3 Å². The molecular weight excluding hydrogens is 444 g/mol. The number of hydrogen-bond acceptors (Lipinski definition) is 8. The Labute approximate surface area is 194 Å². The van der Waals surface area contributed by atoms with Gasteiger partial charge in [-0.1, -0.05) is 23.2 Å². The largest absolute Gasteiger partial charge is 0.633 e. The molecule has 1 heterocycles. The Hall–Kier alpha value is -1.07. The Kier molecular flexibility index (Phi) is 10.8. The van der Waals surface area contributed by atoms with E-state index in [0.29, 0.717) is 35.7 Å². The number of methoxy groups -OCH3 is 1. The van der Waals surface area contributed by atoms with Crippen molar-refractivity contribution in [2.45, 2.75) is 37.6 Å². The zero-order valence-corrected chi connectivity index (χ0v) is 19.4. The molecule has 1 aromatic carbocycles. The summed E-state index contributed by atoms with van der Waals surface area (Å²) in [5.74, 6) is -0.417. The predicted molar refractivity (Wildman–Crippen MR) is 123 cm³/mol. The molecule has 8 nitrogen and oxygen atoms in total. The summed E-state index contributed by atoms with van der Waals surface area (Å²) in [6.45, 7) is 4.65. The Morgan fingerprint density at radius 1 is 1.13 bits per heavy atom. The smallest absolute Gasteiger partial charge is 0.468 e. The molecule has 4 N–H and O–H groups in total. The third kappa shape index (κ3) is 8.42. The molecule has 1 fully saturated rings. The number of nitrogens with two attached hydrogens (primary N) is 1. The van der Waals surface area contributed by atoms with Gasteiger partial charge in [-0.15, -0.1) is 0 Å². The van der Waals surface area contributed by atoms with Gasteiger partial charge in [-0.05, 0) is 56.8 Å². The van der Waals surface area contributed by atoms with Crippen molar-refractivity contribution in [1.82, 2.24) is 4.90 Å². The fourth-order valence-corrected chi connectivity index (χ4v) is 4.09. The van der Waals surface area contributed by atoms with Gasteiger partial charge in [-0.2, -0.15) is 0 Å². The van der Waals surface area contributed by atoms with Crippen LogP contribution < -0.4 is 10.6 Å². The first-order valence-corrected chi connectivity index (χ1v) is 11.3. The van der Waals surface area contributed by atoms with Crippen molar-refractivity contribution in [3.8, 4) is 0 Å². The average Bonchev–Trinajstić information content (AvgIpc) is 2.75. The van der Waals surface area contributed by atoms with Gasteiger partial charge in [0, 0.05) is 38.5 Å². The average molecular weight is 476 g/mol. The molecule has 31 heavy (non-hydrogen) atoms. The summed E-state index contributed by atoms with van der Waals surface area (Å²) in [7, 11) is -0.433. The number of piperazine rings is 1. The highest BCUT2D eigenvalue weighted by Gasteiger charge is 2.34. The van der Waals surface area contributed by atoms with Gasteiger partial charge in [-0.3, -0.25) is 9.69 Å². The maximum Gasteiger partial charge on any atom is 0.633 e. The minimum Gasteiger partial charge on any atom is -0.468 e. The first-order valence-electron chi connectivity index (χ1n) is 10.5. The van der Waals surface area contributed by atoms with Crippen LogP contribution in [0.15, 0.2) is 18.2 Å². The van der Waals surface area contributed by atoms with Crippen LogP contribution in [-0.4, -0.2) is 80.2 Å². The number of benzene rings is 1. The normalized spacial score (nSPS) is 16.8. The molecule has 11 heteroatoms.